The van der Waals surface area contributed by atoms with Gasteiger partial charge >= 0.3 is 0 Å². The summed E-state index contributed by atoms with van der Waals surface area (Å²) < 4.78 is 0. The van der Waals surface area contributed by atoms with Crippen LogP contribution in [-0.2, 0) is 6.54 Å². The highest BCUT2D eigenvalue weighted by Gasteiger charge is 2.12. The van der Waals surface area contributed by atoms with Crippen molar-refractivity contribution in [3.63, 3.8) is 0 Å². The van der Waals surface area contributed by atoms with Crippen LogP contribution in [0.2, 0.25) is 0 Å². The zero-order valence-electron chi connectivity index (χ0n) is 12.4. The monoisotopic (exact) mass is 307 g/mol. The van der Waals surface area contributed by atoms with Crippen LogP contribution in [0.3, 0.4) is 0 Å². The molecule has 1 heterocycles. The second-order valence-electron chi connectivity index (χ2n) is 5.24. The molecule has 2 nitrogen and oxygen atoms in total. The maximum atomic E-state index is 12.2. The van der Waals surface area contributed by atoms with Crippen LogP contribution in [0.25, 0.3) is 11.1 Å². The Balaban J connectivity index is 1.70. The predicted octanol–water partition coefficient (Wildman–Crippen LogP) is 4.69. The number of amides is 1. The molecule has 0 fully saturated rings. The predicted molar refractivity (Wildman–Crippen MR) is 92.0 cm³/mol. The summed E-state index contributed by atoms with van der Waals surface area (Å²) in [6.45, 7) is 0.615. The molecule has 2 aromatic carbocycles. The molecule has 0 radical (unpaired) electrons. The van der Waals surface area contributed by atoms with E-state index in [0.29, 0.717) is 6.54 Å². The van der Waals surface area contributed by atoms with Crippen LogP contribution in [0.15, 0.2) is 71.4 Å². The lowest BCUT2D eigenvalue weighted by atomic mass is 10.0. The summed E-state index contributed by atoms with van der Waals surface area (Å²) in [5, 5.41) is 3.81. The second-order valence-corrected chi connectivity index (χ2v) is 6.02. The van der Waals surface area contributed by atoms with E-state index in [1.807, 2.05) is 42.1 Å². The first-order valence-electron chi connectivity index (χ1n) is 7.16. The van der Waals surface area contributed by atoms with Crippen LogP contribution < -0.4 is 0 Å². The first kappa shape index (κ1) is 14.5. The fourth-order valence-corrected chi connectivity index (χ4v) is 3.02. The average Bonchev–Trinajstić information content (AvgIpc) is 3.10. The van der Waals surface area contributed by atoms with Gasteiger partial charge in [0.15, 0.2) is 0 Å². The summed E-state index contributed by atoms with van der Waals surface area (Å²) >= 11 is 1.54. The van der Waals surface area contributed by atoms with Gasteiger partial charge < -0.3 is 4.90 Å². The molecular weight excluding hydrogens is 290 g/mol. The van der Waals surface area contributed by atoms with E-state index in [1.54, 1.807) is 16.2 Å². The minimum Gasteiger partial charge on any atom is -0.337 e. The zero-order valence-corrected chi connectivity index (χ0v) is 13.2. The maximum Gasteiger partial charge on any atom is 0.254 e. The molecule has 0 spiro atoms. The van der Waals surface area contributed by atoms with E-state index >= 15 is 0 Å². The average molecular weight is 307 g/mol. The van der Waals surface area contributed by atoms with Gasteiger partial charge in [-0.15, -0.1) is 0 Å². The van der Waals surface area contributed by atoms with Crippen LogP contribution in [0.1, 0.15) is 15.9 Å². The molecule has 0 saturated carbocycles. The molecular formula is C19H17NOS. The first-order chi connectivity index (χ1) is 10.7. The number of hydrogen-bond donors (Lipinski definition) is 0. The molecule has 110 valence electrons. The van der Waals surface area contributed by atoms with Gasteiger partial charge in [-0.1, -0.05) is 54.6 Å². The summed E-state index contributed by atoms with van der Waals surface area (Å²) in [7, 11) is 1.84. The maximum absolute atomic E-state index is 12.2. The quantitative estimate of drug-likeness (QED) is 0.685. The summed E-state index contributed by atoms with van der Waals surface area (Å²) in [6.07, 6.45) is 0. The van der Waals surface area contributed by atoms with Crippen molar-refractivity contribution in [3.8, 4) is 11.1 Å². The molecule has 22 heavy (non-hydrogen) atoms. The molecule has 0 aliphatic rings. The summed E-state index contributed by atoms with van der Waals surface area (Å²) in [6, 6.07) is 20.5. The van der Waals surface area contributed by atoms with Gasteiger partial charge in [-0.2, -0.15) is 11.3 Å². The molecule has 0 atom stereocenters. The molecule has 0 aliphatic heterocycles. The second kappa shape index (κ2) is 6.58. The number of hydrogen-bond acceptors (Lipinski definition) is 2. The summed E-state index contributed by atoms with van der Waals surface area (Å²) in [4.78, 5) is 14.0. The lowest BCUT2D eigenvalue weighted by Crippen LogP contribution is -2.25. The molecule has 1 aromatic heterocycles. The minimum absolute atomic E-state index is 0.0633. The van der Waals surface area contributed by atoms with Gasteiger partial charge in [0.2, 0.25) is 0 Å². The molecule has 0 unspecified atom stereocenters. The van der Waals surface area contributed by atoms with Crippen LogP contribution in [0, 0.1) is 0 Å². The normalized spacial score (nSPS) is 10.4. The molecule has 0 N–H and O–H groups in total. The van der Waals surface area contributed by atoms with Gasteiger partial charge in [0.1, 0.15) is 0 Å². The summed E-state index contributed by atoms with van der Waals surface area (Å²) in [5.74, 6) is 0.0633. The number of thiophene rings is 1. The van der Waals surface area contributed by atoms with E-state index in [2.05, 4.69) is 36.4 Å². The van der Waals surface area contributed by atoms with Gasteiger partial charge in [0.25, 0.3) is 5.91 Å². The highest BCUT2D eigenvalue weighted by Crippen LogP contribution is 2.20. The largest absolute Gasteiger partial charge is 0.337 e. The fraction of sp³-hybridized carbons (Fsp3) is 0.105. The number of rotatable bonds is 4. The Labute approximate surface area is 134 Å². The van der Waals surface area contributed by atoms with Crippen LogP contribution in [0.4, 0.5) is 0 Å². The third-order valence-electron chi connectivity index (χ3n) is 3.60. The SMILES string of the molecule is CN(Cc1ccc(-c2ccccc2)cc1)C(=O)c1ccsc1. The van der Waals surface area contributed by atoms with Crippen molar-refractivity contribution in [1.82, 2.24) is 4.90 Å². The van der Waals surface area contributed by atoms with Crippen LogP contribution >= 0.6 is 11.3 Å². The first-order valence-corrected chi connectivity index (χ1v) is 8.10. The Morgan fingerprint density at radius 1 is 0.955 bits per heavy atom. The van der Waals surface area contributed by atoms with Crippen LogP contribution in [0.5, 0.6) is 0 Å². The fourth-order valence-electron chi connectivity index (χ4n) is 2.39. The lowest BCUT2D eigenvalue weighted by molar-refractivity contribution is 0.0785. The van der Waals surface area contributed by atoms with Gasteiger partial charge in [0, 0.05) is 19.0 Å². The molecule has 3 heteroatoms. The van der Waals surface area contributed by atoms with Crippen LogP contribution in [-0.4, -0.2) is 17.9 Å². The number of carbonyl (C=O) groups is 1. The van der Waals surface area contributed by atoms with E-state index in [0.717, 1.165) is 11.1 Å². The van der Waals surface area contributed by atoms with E-state index in [4.69, 9.17) is 0 Å². The number of carbonyl (C=O) groups excluding carboxylic acids is 1. The zero-order chi connectivity index (χ0) is 15.4. The van der Waals surface area contributed by atoms with Gasteiger partial charge in [-0.3, -0.25) is 4.79 Å². The number of nitrogens with zero attached hydrogens (tertiary/aromatic N) is 1. The van der Waals surface area contributed by atoms with Crippen molar-refractivity contribution < 1.29 is 4.79 Å². The van der Waals surface area contributed by atoms with E-state index in [9.17, 15) is 4.79 Å². The highest BCUT2D eigenvalue weighted by atomic mass is 32.1. The number of benzene rings is 2. The van der Waals surface area contributed by atoms with E-state index < -0.39 is 0 Å². The Hall–Kier alpha value is -2.39. The minimum atomic E-state index is 0.0633. The molecule has 0 bridgehead atoms. The van der Waals surface area contributed by atoms with Crippen molar-refractivity contribution in [1.29, 1.82) is 0 Å². The van der Waals surface area contributed by atoms with Crippen molar-refractivity contribution in [2.24, 2.45) is 0 Å². The third-order valence-corrected chi connectivity index (χ3v) is 4.28. The molecule has 1 amide bonds. The third kappa shape index (κ3) is 3.26. The Bertz CT molecular complexity index is 733. The highest BCUT2D eigenvalue weighted by molar-refractivity contribution is 7.08. The van der Waals surface area contributed by atoms with Gasteiger partial charge in [-0.05, 0) is 28.1 Å². The summed E-state index contributed by atoms with van der Waals surface area (Å²) in [5.41, 5.74) is 4.28. The van der Waals surface area contributed by atoms with Crippen molar-refractivity contribution >= 4 is 17.2 Å². The Morgan fingerprint density at radius 3 is 2.27 bits per heavy atom. The molecule has 3 aromatic rings. The van der Waals surface area contributed by atoms with Crippen molar-refractivity contribution in [2.45, 2.75) is 6.54 Å². The Kier molecular flexibility index (Phi) is 4.35. The van der Waals surface area contributed by atoms with Gasteiger partial charge in [-0.25, -0.2) is 0 Å². The smallest absolute Gasteiger partial charge is 0.254 e. The van der Waals surface area contributed by atoms with Gasteiger partial charge in [0.05, 0.1) is 5.56 Å². The Morgan fingerprint density at radius 2 is 1.64 bits per heavy atom. The molecule has 0 aliphatic carbocycles. The molecule has 0 saturated heterocycles. The lowest BCUT2D eigenvalue weighted by Gasteiger charge is -2.16. The topological polar surface area (TPSA) is 20.3 Å². The molecule has 3 rings (SSSR count). The van der Waals surface area contributed by atoms with E-state index in [1.165, 1.54) is 11.1 Å². The standard InChI is InChI=1S/C19H17NOS/c1-20(19(21)18-11-12-22-14-18)13-15-7-9-17(10-8-15)16-5-3-2-4-6-16/h2-12,14H,13H2,1H3. The van der Waals surface area contributed by atoms with Crippen molar-refractivity contribution in [2.75, 3.05) is 7.05 Å². The van der Waals surface area contributed by atoms with Crippen molar-refractivity contribution in [3.05, 3.63) is 82.6 Å². The van der Waals surface area contributed by atoms with E-state index in [-0.39, 0.29) is 5.91 Å².